The van der Waals surface area contributed by atoms with Crippen molar-refractivity contribution in [2.24, 2.45) is 0 Å². The fourth-order valence-electron chi connectivity index (χ4n) is 1.64. The smallest absolute Gasteiger partial charge is 0.200 e. The Morgan fingerprint density at radius 3 is 1.95 bits per heavy atom. The summed E-state index contributed by atoms with van der Waals surface area (Å²) in [5, 5.41) is 8.97. The zero-order chi connectivity index (χ0) is 15.0. The first-order valence-electron chi connectivity index (χ1n) is 5.25. The minimum absolute atomic E-state index is 0.00596. The number of anilines is 1. The highest BCUT2D eigenvalue weighted by Gasteiger charge is 2.26. The first-order chi connectivity index (χ1) is 9.38. The maximum Gasteiger partial charge on any atom is 0.200 e. The van der Waals surface area contributed by atoms with E-state index in [9.17, 15) is 22.0 Å². The standard InChI is InChI=1S/C12H7F5N2O/c13-7-6(8(14)10(16)11(17)9(7)15)4-1-5(3-20)12(18)19-2-4/h1-2,20H,3H2,(H2,18,19). The Labute approximate surface area is 109 Å². The summed E-state index contributed by atoms with van der Waals surface area (Å²) in [5.74, 6) is -10.4. The molecule has 3 nitrogen and oxygen atoms in total. The molecule has 0 amide bonds. The summed E-state index contributed by atoms with van der Waals surface area (Å²) < 4.78 is 66.3. The normalized spacial score (nSPS) is 10.9. The Bertz CT molecular complexity index is 661. The number of aliphatic hydroxyl groups excluding tert-OH is 1. The van der Waals surface area contributed by atoms with Gasteiger partial charge in [0, 0.05) is 17.3 Å². The average Bonchev–Trinajstić information content (AvgIpc) is 2.45. The Hall–Kier alpha value is -2.22. The van der Waals surface area contributed by atoms with Gasteiger partial charge in [0.25, 0.3) is 0 Å². The molecule has 106 valence electrons. The predicted molar refractivity (Wildman–Crippen MR) is 59.8 cm³/mol. The van der Waals surface area contributed by atoms with Gasteiger partial charge in [-0.25, -0.2) is 26.9 Å². The second-order valence-electron chi connectivity index (χ2n) is 3.87. The van der Waals surface area contributed by atoms with Crippen molar-refractivity contribution in [2.45, 2.75) is 6.61 Å². The Kier molecular flexibility index (Phi) is 3.58. The van der Waals surface area contributed by atoms with Gasteiger partial charge >= 0.3 is 0 Å². The maximum absolute atomic E-state index is 13.6. The third-order valence-electron chi connectivity index (χ3n) is 2.67. The molecule has 0 aliphatic carbocycles. The molecule has 1 heterocycles. The third kappa shape index (κ3) is 2.07. The second kappa shape index (κ2) is 5.04. The molecule has 0 bridgehead atoms. The van der Waals surface area contributed by atoms with Gasteiger partial charge in [0.1, 0.15) is 5.82 Å². The zero-order valence-electron chi connectivity index (χ0n) is 9.72. The van der Waals surface area contributed by atoms with Crippen LogP contribution in [0.1, 0.15) is 5.56 Å². The number of aliphatic hydroxyl groups is 1. The number of aromatic nitrogens is 1. The van der Waals surface area contributed by atoms with E-state index in [4.69, 9.17) is 10.8 Å². The second-order valence-corrected chi connectivity index (χ2v) is 3.87. The first kappa shape index (κ1) is 14.2. The van der Waals surface area contributed by atoms with Crippen molar-refractivity contribution >= 4 is 5.82 Å². The molecule has 0 atom stereocenters. The molecule has 1 aromatic carbocycles. The van der Waals surface area contributed by atoms with Crippen molar-refractivity contribution in [2.75, 3.05) is 5.73 Å². The van der Waals surface area contributed by atoms with Crippen molar-refractivity contribution in [3.05, 3.63) is 46.9 Å². The molecule has 0 spiro atoms. The molecule has 0 radical (unpaired) electrons. The van der Waals surface area contributed by atoms with Crippen molar-refractivity contribution in [1.82, 2.24) is 4.98 Å². The Morgan fingerprint density at radius 2 is 1.45 bits per heavy atom. The topological polar surface area (TPSA) is 59.1 Å². The number of nitrogen functional groups attached to an aromatic ring is 1. The summed E-state index contributed by atoms with van der Waals surface area (Å²) in [6, 6.07) is 1.00. The SMILES string of the molecule is Nc1ncc(-c2c(F)c(F)c(F)c(F)c2F)cc1CO. The number of pyridine rings is 1. The van der Waals surface area contributed by atoms with Crippen molar-refractivity contribution in [3.8, 4) is 11.1 Å². The average molecular weight is 290 g/mol. The molecule has 8 heteroatoms. The number of halogens is 5. The van der Waals surface area contributed by atoms with Gasteiger partial charge in [-0.1, -0.05) is 0 Å². The van der Waals surface area contributed by atoms with Gasteiger partial charge in [0.05, 0.1) is 12.2 Å². The van der Waals surface area contributed by atoms with E-state index in [-0.39, 0.29) is 16.9 Å². The summed E-state index contributed by atoms with van der Waals surface area (Å²) >= 11 is 0. The molecule has 1 aromatic heterocycles. The lowest BCUT2D eigenvalue weighted by molar-refractivity contribution is 0.282. The number of rotatable bonds is 2. The number of benzene rings is 1. The number of hydrogen-bond acceptors (Lipinski definition) is 3. The molecule has 3 N–H and O–H groups in total. The monoisotopic (exact) mass is 290 g/mol. The van der Waals surface area contributed by atoms with E-state index in [0.717, 1.165) is 12.3 Å². The van der Waals surface area contributed by atoms with E-state index >= 15 is 0 Å². The molecule has 20 heavy (non-hydrogen) atoms. The van der Waals surface area contributed by atoms with Crippen LogP contribution >= 0.6 is 0 Å². The maximum atomic E-state index is 13.6. The fraction of sp³-hybridized carbons (Fsp3) is 0.0833. The van der Waals surface area contributed by atoms with Gasteiger partial charge in [-0.15, -0.1) is 0 Å². The van der Waals surface area contributed by atoms with Crippen LogP contribution in [-0.2, 0) is 6.61 Å². The lowest BCUT2D eigenvalue weighted by Gasteiger charge is -2.10. The molecule has 0 aliphatic heterocycles. The largest absolute Gasteiger partial charge is 0.392 e. The molecule has 2 rings (SSSR count). The van der Waals surface area contributed by atoms with E-state index in [2.05, 4.69) is 4.98 Å². The predicted octanol–water partition coefficient (Wildman–Crippen LogP) is 2.52. The van der Waals surface area contributed by atoms with Gasteiger partial charge < -0.3 is 10.8 Å². The summed E-state index contributed by atoms with van der Waals surface area (Å²) in [4.78, 5) is 3.54. The van der Waals surface area contributed by atoms with Crippen LogP contribution in [0.3, 0.4) is 0 Å². The van der Waals surface area contributed by atoms with Crippen molar-refractivity contribution < 1.29 is 27.1 Å². The summed E-state index contributed by atoms with van der Waals surface area (Å²) in [6.07, 6.45) is 0.854. The molecule has 2 aromatic rings. The van der Waals surface area contributed by atoms with Crippen LogP contribution in [-0.4, -0.2) is 10.1 Å². The van der Waals surface area contributed by atoms with E-state index in [1.54, 1.807) is 0 Å². The van der Waals surface area contributed by atoms with Gasteiger partial charge in [-0.3, -0.25) is 0 Å². The molecule has 0 fully saturated rings. The van der Waals surface area contributed by atoms with Crippen LogP contribution in [0.25, 0.3) is 11.1 Å². The lowest BCUT2D eigenvalue weighted by atomic mass is 10.0. The highest BCUT2D eigenvalue weighted by molar-refractivity contribution is 5.67. The van der Waals surface area contributed by atoms with Crippen LogP contribution in [0.5, 0.6) is 0 Å². The molecule has 0 unspecified atom stereocenters. The quantitative estimate of drug-likeness (QED) is 0.507. The highest BCUT2D eigenvalue weighted by atomic mass is 19.2. The fourth-order valence-corrected chi connectivity index (χ4v) is 1.64. The van der Waals surface area contributed by atoms with Crippen LogP contribution in [0.2, 0.25) is 0 Å². The number of nitrogens with zero attached hydrogens (tertiary/aromatic N) is 1. The van der Waals surface area contributed by atoms with Gasteiger partial charge in [0.2, 0.25) is 5.82 Å². The van der Waals surface area contributed by atoms with Crippen LogP contribution < -0.4 is 5.73 Å². The zero-order valence-corrected chi connectivity index (χ0v) is 9.72. The lowest BCUT2D eigenvalue weighted by Crippen LogP contribution is -2.05. The highest BCUT2D eigenvalue weighted by Crippen LogP contribution is 2.32. The molecular weight excluding hydrogens is 283 g/mol. The Morgan fingerprint density at radius 1 is 0.950 bits per heavy atom. The van der Waals surface area contributed by atoms with E-state index in [1.165, 1.54) is 0 Å². The molecule has 0 saturated carbocycles. The third-order valence-corrected chi connectivity index (χ3v) is 2.67. The molecule has 0 saturated heterocycles. The van der Waals surface area contributed by atoms with Crippen molar-refractivity contribution in [1.29, 1.82) is 0 Å². The van der Waals surface area contributed by atoms with E-state index in [0.29, 0.717) is 0 Å². The summed E-state index contributed by atoms with van der Waals surface area (Å²) in [7, 11) is 0. The van der Waals surface area contributed by atoms with Crippen LogP contribution in [0.15, 0.2) is 12.3 Å². The summed E-state index contributed by atoms with van der Waals surface area (Å²) in [5.41, 5.74) is 3.88. The van der Waals surface area contributed by atoms with Gasteiger partial charge in [-0.05, 0) is 6.07 Å². The summed E-state index contributed by atoms with van der Waals surface area (Å²) in [6.45, 7) is -0.595. The van der Waals surface area contributed by atoms with Crippen LogP contribution in [0, 0.1) is 29.1 Å². The van der Waals surface area contributed by atoms with Crippen molar-refractivity contribution in [3.63, 3.8) is 0 Å². The van der Waals surface area contributed by atoms with E-state index < -0.39 is 41.3 Å². The minimum Gasteiger partial charge on any atom is -0.392 e. The Balaban J connectivity index is 2.76. The van der Waals surface area contributed by atoms with Crippen LogP contribution in [0.4, 0.5) is 27.8 Å². The number of hydrogen-bond donors (Lipinski definition) is 2. The first-order valence-corrected chi connectivity index (χ1v) is 5.25. The van der Waals surface area contributed by atoms with Gasteiger partial charge in [-0.2, -0.15) is 0 Å². The van der Waals surface area contributed by atoms with E-state index in [1.807, 2.05) is 0 Å². The molecule has 0 aliphatic rings. The van der Waals surface area contributed by atoms with Gasteiger partial charge in [0.15, 0.2) is 23.3 Å². The minimum atomic E-state index is -2.24. The number of nitrogens with two attached hydrogens (primary N) is 1. The molecular formula is C12H7F5N2O.